The van der Waals surface area contributed by atoms with Crippen molar-refractivity contribution in [2.24, 2.45) is 13.0 Å². The molecule has 0 unspecified atom stereocenters. The number of carbonyl (C=O) groups is 3. The molecular weight excluding hydrogens is 422 g/mol. The highest BCUT2D eigenvalue weighted by molar-refractivity contribution is 6.21. The van der Waals surface area contributed by atoms with Crippen LogP contribution in [0.5, 0.6) is 0 Å². The number of hydrogen-bond donors (Lipinski definition) is 2. The SMILES string of the molecule is Cn1cc(-c2ccc(CC[C@@H](O)[C@@H](CCN3C(=O)c4ccccc4C3=O)C(=O)O)cc2)cn1. The molecule has 2 aromatic carbocycles. The summed E-state index contributed by atoms with van der Waals surface area (Å²) in [5, 5.41) is 24.4. The lowest BCUT2D eigenvalue weighted by Gasteiger charge is -2.22. The first-order valence-corrected chi connectivity index (χ1v) is 10.8. The largest absolute Gasteiger partial charge is 0.481 e. The first kappa shape index (κ1) is 22.4. The summed E-state index contributed by atoms with van der Waals surface area (Å²) in [4.78, 5) is 37.8. The van der Waals surface area contributed by atoms with E-state index in [-0.39, 0.29) is 19.4 Å². The van der Waals surface area contributed by atoms with Crippen LogP contribution in [-0.4, -0.2) is 55.3 Å². The van der Waals surface area contributed by atoms with Gasteiger partial charge in [0.15, 0.2) is 0 Å². The van der Waals surface area contributed by atoms with Crippen LogP contribution < -0.4 is 0 Å². The Kier molecular flexibility index (Phi) is 6.37. The highest BCUT2D eigenvalue weighted by atomic mass is 16.4. The zero-order chi connectivity index (χ0) is 23.5. The van der Waals surface area contributed by atoms with E-state index in [9.17, 15) is 24.6 Å². The number of fused-ring (bicyclic) bond motifs is 1. The van der Waals surface area contributed by atoms with Crippen LogP contribution in [0, 0.1) is 5.92 Å². The summed E-state index contributed by atoms with van der Waals surface area (Å²) in [7, 11) is 1.85. The average molecular weight is 447 g/mol. The number of aryl methyl sites for hydroxylation is 2. The molecule has 33 heavy (non-hydrogen) atoms. The Hall–Kier alpha value is -3.78. The molecular formula is C25H25N3O5. The molecule has 0 radical (unpaired) electrons. The fraction of sp³-hybridized carbons (Fsp3) is 0.280. The Morgan fingerprint density at radius 2 is 1.61 bits per heavy atom. The van der Waals surface area contributed by atoms with Gasteiger partial charge >= 0.3 is 5.97 Å². The number of rotatable bonds is 9. The number of aliphatic hydroxyl groups is 1. The van der Waals surface area contributed by atoms with Gasteiger partial charge in [0.05, 0.1) is 29.3 Å². The molecule has 0 bridgehead atoms. The Labute approximate surface area is 191 Å². The van der Waals surface area contributed by atoms with Crippen molar-refractivity contribution >= 4 is 17.8 Å². The topological polar surface area (TPSA) is 113 Å². The van der Waals surface area contributed by atoms with Crippen LogP contribution in [0.1, 0.15) is 39.1 Å². The van der Waals surface area contributed by atoms with Crippen molar-refractivity contribution in [3.05, 3.63) is 77.6 Å². The molecule has 2 atom stereocenters. The Morgan fingerprint density at radius 1 is 0.970 bits per heavy atom. The Bertz CT molecular complexity index is 1150. The quantitative estimate of drug-likeness (QED) is 0.488. The maximum atomic E-state index is 12.5. The van der Waals surface area contributed by atoms with Crippen molar-refractivity contribution in [2.45, 2.75) is 25.4 Å². The Balaban J connectivity index is 1.34. The van der Waals surface area contributed by atoms with Crippen LogP contribution in [0.2, 0.25) is 0 Å². The number of imide groups is 1. The molecule has 0 saturated heterocycles. The molecule has 4 rings (SSSR count). The van der Waals surface area contributed by atoms with Crippen molar-refractivity contribution in [1.82, 2.24) is 14.7 Å². The van der Waals surface area contributed by atoms with Crippen molar-refractivity contribution < 1.29 is 24.6 Å². The van der Waals surface area contributed by atoms with Crippen molar-refractivity contribution in [3.8, 4) is 11.1 Å². The minimum atomic E-state index is -1.15. The van der Waals surface area contributed by atoms with Gasteiger partial charge in [0.25, 0.3) is 11.8 Å². The summed E-state index contributed by atoms with van der Waals surface area (Å²) < 4.78 is 1.73. The molecule has 170 valence electrons. The number of amides is 2. The van der Waals surface area contributed by atoms with Gasteiger partial charge in [-0.2, -0.15) is 5.10 Å². The number of nitrogens with zero attached hydrogens (tertiary/aromatic N) is 3. The monoisotopic (exact) mass is 447 g/mol. The second-order valence-electron chi connectivity index (χ2n) is 8.25. The van der Waals surface area contributed by atoms with Crippen LogP contribution in [0.25, 0.3) is 11.1 Å². The van der Waals surface area contributed by atoms with Gasteiger partial charge < -0.3 is 10.2 Å². The van der Waals surface area contributed by atoms with Gasteiger partial charge in [-0.3, -0.25) is 24.0 Å². The summed E-state index contributed by atoms with van der Waals surface area (Å²) in [5.74, 6) is -3.08. The first-order chi connectivity index (χ1) is 15.8. The predicted octanol–water partition coefficient (Wildman–Crippen LogP) is 2.77. The second-order valence-corrected chi connectivity index (χ2v) is 8.25. The van der Waals surface area contributed by atoms with Gasteiger partial charge in [-0.25, -0.2) is 0 Å². The van der Waals surface area contributed by atoms with E-state index < -0.39 is 29.8 Å². The second kappa shape index (κ2) is 9.38. The number of aliphatic hydroxyl groups excluding tert-OH is 1. The van der Waals surface area contributed by atoms with Gasteiger partial charge in [0, 0.05) is 25.4 Å². The molecule has 3 aromatic rings. The van der Waals surface area contributed by atoms with E-state index in [1.54, 1.807) is 35.1 Å². The maximum Gasteiger partial charge on any atom is 0.309 e. The highest BCUT2D eigenvalue weighted by Gasteiger charge is 2.36. The third kappa shape index (κ3) is 4.70. The molecule has 8 heteroatoms. The van der Waals surface area contributed by atoms with Gasteiger partial charge in [0.2, 0.25) is 0 Å². The van der Waals surface area contributed by atoms with E-state index in [0.717, 1.165) is 21.6 Å². The zero-order valence-electron chi connectivity index (χ0n) is 18.2. The Morgan fingerprint density at radius 3 is 2.15 bits per heavy atom. The normalized spacial score (nSPS) is 14.9. The fourth-order valence-electron chi connectivity index (χ4n) is 4.14. The van der Waals surface area contributed by atoms with E-state index in [4.69, 9.17) is 0 Å². The first-order valence-electron chi connectivity index (χ1n) is 10.8. The molecule has 1 aliphatic heterocycles. The minimum Gasteiger partial charge on any atom is -0.481 e. The summed E-state index contributed by atoms with van der Waals surface area (Å²) in [6, 6.07) is 14.4. The summed E-state index contributed by atoms with van der Waals surface area (Å²) >= 11 is 0. The van der Waals surface area contributed by atoms with Gasteiger partial charge in [-0.05, 0) is 42.5 Å². The number of carbonyl (C=O) groups excluding carboxylic acids is 2. The summed E-state index contributed by atoms with van der Waals surface area (Å²) in [6.45, 7) is -0.0554. The third-order valence-electron chi connectivity index (χ3n) is 6.04. The number of aromatic nitrogens is 2. The minimum absolute atomic E-state index is 0.0120. The molecule has 2 heterocycles. The van der Waals surface area contributed by atoms with E-state index in [0.29, 0.717) is 17.5 Å². The third-order valence-corrected chi connectivity index (χ3v) is 6.04. The van der Waals surface area contributed by atoms with Gasteiger partial charge in [-0.1, -0.05) is 36.4 Å². The molecule has 0 spiro atoms. The standard InChI is InChI=1S/C25H25N3O5/c1-27-15-18(14-26-27)17-9-6-16(7-10-17)8-11-22(29)21(25(32)33)12-13-28-23(30)19-4-2-3-5-20(19)24(28)31/h2-7,9-10,14-15,21-22,29H,8,11-13H2,1H3,(H,32,33)/t21-,22-/m1/s1. The van der Waals surface area contributed by atoms with Crippen LogP contribution in [0.15, 0.2) is 60.9 Å². The van der Waals surface area contributed by atoms with E-state index in [1.807, 2.05) is 37.5 Å². The van der Waals surface area contributed by atoms with E-state index in [1.165, 1.54) is 0 Å². The zero-order valence-corrected chi connectivity index (χ0v) is 18.2. The number of carboxylic acids is 1. The van der Waals surface area contributed by atoms with E-state index >= 15 is 0 Å². The molecule has 0 saturated carbocycles. The maximum absolute atomic E-state index is 12.5. The highest BCUT2D eigenvalue weighted by Crippen LogP contribution is 2.25. The lowest BCUT2D eigenvalue weighted by molar-refractivity contribution is -0.146. The van der Waals surface area contributed by atoms with Crippen LogP contribution in [-0.2, 0) is 18.3 Å². The number of benzene rings is 2. The number of aliphatic carboxylic acids is 1. The molecule has 2 amide bonds. The van der Waals surface area contributed by atoms with Crippen LogP contribution in [0.4, 0.5) is 0 Å². The van der Waals surface area contributed by atoms with Crippen molar-refractivity contribution in [2.75, 3.05) is 6.54 Å². The van der Waals surface area contributed by atoms with E-state index in [2.05, 4.69) is 5.10 Å². The lowest BCUT2D eigenvalue weighted by Crippen LogP contribution is -2.36. The molecule has 0 aliphatic carbocycles. The number of carboxylic acid groups (broad SMARTS) is 1. The fourth-order valence-corrected chi connectivity index (χ4v) is 4.14. The van der Waals surface area contributed by atoms with Gasteiger partial charge in [-0.15, -0.1) is 0 Å². The molecule has 8 nitrogen and oxygen atoms in total. The summed E-state index contributed by atoms with van der Waals surface area (Å²) in [5.41, 5.74) is 3.65. The predicted molar refractivity (Wildman–Crippen MR) is 121 cm³/mol. The summed E-state index contributed by atoms with van der Waals surface area (Å²) in [6.07, 6.45) is 3.35. The van der Waals surface area contributed by atoms with Crippen LogP contribution >= 0.6 is 0 Å². The average Bonchev–Trinajstić information content (AvgIpc) is 3.35. The van der Waals surface area contributed by atoms with Crippen molar-refractivity contribution in [3.63, 3.8) is 0 Å². The van der Waals surface area contributed by atoms with Crippen molar-refractivity contribution in [1.29, 1.82) is 0 Å². The molecule has 2 N–H and O–H groups in total. The molecule has 1 aliphatic rings. The molecule has 1 aromatic heterocycles. The lowest BCUT2D eigenvalue weighted by atomic mass is 9.93. The molecule has 0 fully saturated rings. The van der Waals surface area contributed by atoms with Gasteiger partial charge in [0.1, 0.15) is 0 Å². The van der Waals surface area contributed by atoms with Crippen LogP contribution in [0.3, 0.4) is 0 Å². The smallest absolute Gasteiger partial charge is 0.309 e. The number of hydrogen-bond acceptors (Lipinski definition) is 5.